The van der Waals surface area contributed by atoms with Gasteiger partial charge in [0.25, 0.3) is 0 Å². The van der Waals surface area contributed by atoms with E-state index in [1.807, 2.05) is 19.2 Å². The van der Waals surface area contributed by atoms with E-state index in [-0.39, 0.29) is 28.9 Å². The maximum absolute atomic E-state index is 13.1. The van der Waals surface area contributed by atoms with Crippen LogP contribution in [0.15, 0.2) is 52.3 Å². The molecule has 34 heavy (non-hydrogen) atoms. The minimum Gasteiger partial charge on any atom is -0.546 e. The molecule has 0 radical (unpaired) electrons. The number of carbonyl (C=O) groups is 1. The number of rotatable bonds is 12. The third-order valence-electron chi connectivity index (χ3n) is 4.71. The molecule has 1 unspecified atom stereocenters. The molecular weight excluding hydrogens is 495 g/mol. The Bertz CT molecular complexity index is 1080. The van der Waals surface area contributed by atoms with Crippen molar-refractivity contribution in [2.45, 2.75) is 36.4 Å². The van der Waals surface area contributed by atoms with Gasteiger partial charge in [-0.25, -0.2) is 8.42 Å². The second-order valence-electron chi connectivity index (χ2n) is 7.35. The van der Waals surface area contributed by atoms with Crippen LogP contribution in [0.5, 0.6) is 11.5 Å². The fraction of sp³-hybridized carbons (Fsp3) is 0.409. The van der Waals surface area contributed by atoms with Crippen LogP contribution in [0, 0.1) is 6.92 Å². The number of sulfonamides is 1. The molecule has 12 heteroatoms. The van der Waals surface area contributed by atoms with Crippen LogP contribution in [0.4, 0.5) is 13.2 Å². The van der Waals surface area contributed by atoms with Crippen molar-refractivity contribution in [3.8, 4) is 11.5 Å². The molecule has 0 saturated carbocycles. The zero-order chi connectivity index (χ0) is 25.5. The first-order valence-electron chi connectivity index (χ1n) is 10.2. The Hall–Kier alpha value is -2.44. The summed E-state index contributed by atoms with van der Waals surface area (Å²) in [6, 6.07) is 9.48. The Balaban J connectivity index is 2.10. The van der Waals surface area contributed by atoms with Crippen molar-refractivity contribution >= 4 is 26.9 Å². The fourth-order valence-corrected chi connectivity index (χ4v) is 6.11. The zero-order valence-corrected chi connectivity index (χ0v) is 20.6. The van der Waals surface area contributed by atoms with Gasteiger partial charge in [-0.3, -0.25) is 0 Å². The number of benzene rings is 2. The van der Waals surface area contributed by atoms with Gasteiger partial charge in [0.05, 0.1) is 17.4 Å². The average Bonchev–Trinajstić information content (AvgIpc) is 2.74. The maximum atomic E-state index is 13.1. The highest BCUT2D eigenvalue weighted by molar-refractivity contribution is 7.96. The van der Waals surface area contributed by atoms with Gasteiger partial charge in [0.2, 0.25) is 10.0 Å². The van der Waals surface area contributed by atoms with Gasteiger partial charge < -0.3 is 19.4 Å². The number of aliphatic carboxylic acids is 1. The molecule has 0 heterocycles. The van der Waals surface area contributed by atoms with Gasteiger partial charge in [-0.15, -0.1) is 13.2 Å². The number of ether oxygens (including phenoxy) is 2. The SMILES string of the molecule is CCCN(CC[S+](C)c1ccc(OCC(=O)[O-])c(C)c1)S(=O)(=O)c1ccc(OC(F)(F)F)cc1. The lowest BCUT2D eigenvalue weighted by molar-refractivity contribution is -0.307. The van der Waals surface area contributed by atoms with Gasteiger partial charge in [-0.2, -0.15) is 4.31 Å². The van der Waals surface area contributed by atoms with Gasteiger partial charge in [-0.05, 0) is 61.4 Å². The van der Waals surface area contributed by atoms with E-state index in [2.05, 4.69) is 4.74 Å². The summed E-state index contributed by atoms with van der Waals surface area (Å²) in [7, 11) is -4.24. The summed E-state index contributed by atoms with van der Waals surface area (Å²) in [5, 5.41) is 10.6. The Kier molecular flexibility index (Phi) is 9.65. The Labute approximate surface area is 199 Å². The smallest absolute Gasteiger partial charge is 0.546 e. The molecule has 0 fully saturated rings. The lowest BCUT2D eigenvalue weighted by atomic mass is 10.2. The molecule has 7 nitrogen and oxygen atoms in total. The third-order valence-corrected chi connectivity index (χ3v) is 8.48. The Morgan fingerprint density at radius 3 is 2.29 bits per heavy atom. The molecular formula is C22H26F3NO6S2. The molecule has 2 aromatic carbocycles. The second-order valence-corrected chi connectivity index (χ2v) is 11.4. The molecule has 0 aromatic heterocycles. The van der Waals surface area contributed by atoms with Crippen molar-refractivity contribution in [1.29, 1.82) is 0 Å². The van der Waals surface area contributed by atoms with E-state index in [1.165, 1.54) is 4.31 Å². The first-order chi connectivity index (χ1) is 15.8. The van der Waals surface area contributed by atoms with Crippen LogP contribution >= 0.6 is 0 Å². The van der Waals surface area contributed by atoms with Gasteiger partial charge in [-0.1, -0.05) is 6.92 Å². The number of carboxylic acids is 1. The number of alkyl halides is 3. The van der Waals surface area contributed by atoms with E-state index >= 15 is 0 Å². The zero-order valence-electron chi connectivity index (χ0n) is 18.9. The van der Waals surface area contributed by atoms with Crippen molar-refractivity contribution in [3.63, 3.8) is 0 Å². The van der Waals surface area contributed by atoms with Gasteiger partial charge >= 0.3 is 6.36 Å². The number of hydrogen-bond acceptors (Lipinski definition) is 6. The molecule has 0 N–H and O–H groups in total. The number of carbonyl (C=O) groups excluding carboxylic acids is 1. The van der Waals surface area contributed by atoms with Gasteiger partial charge in [0, 0.05) is 17.4 Å². The molecule has 0 saturated heterocycles. The van der Waals surface area contributed by atoms with E-state index in [1.54, 1.807) is 19.1 Å². The van der Waals surface area contributed by atoms with Crippen molar-refractivity contribution in [1.82, 2.24) is 4.31 Å². The van der Waals surface area contributed by atoms with Crippen LogP contribution in [-0.4, -0.2) is 56.8 Å². The fourth-order valence-electron chi connectivity index (χ4n) is 3.06. The summed E-state index contributed by atoms with van der Waals surface area (Å²) in [6.07, 6.45) is -2.33. The minimum absolute atomic E-state index is 0.114. The quantitative estimate of drug-likeness (QED) is 0.399. The number of hydrogen-bond donors (Lipinski definition) is 0. The monoisotopic (exact) mass is 521 g/mol. The van der Waals surface area contributed by atoms with E-state index in [0.717, 1.165) is 34.7 Å². The van der Waals surface area contributed by atoms with Crippen LogP contribution in [0.1, 0.15) is 18.9 Å². The van der Waals surface area contributed by atoms with Crippen molar-refractivity contribution in [3.05, 3.63) is 48.0 Å². The number of aryl methyl sites for hydroxylation is 1. The van der Waals surface area contributed by atoms with Crippen LogP contribution in [0.2, 0.25) is 0 Å². The van der Waals surface area contributed by atoms with Gasteiger partial charge in [0.15, 0.2) is 4.90 Å². The standard InChI is InChI=1S/C22H26F3NO6S2/c1-4-11-26(34(29,30)19-8-5-17(6-9-19)32-22(23,24)25)12-13-33(3)18-7-10-20(16(2)14-18)31-15-21(27)28/h5-10,14H,4,11-13,15H2,1-3H3. The van der Waals surface area contributed by atoms with Crippen molar-refractivity contribution in [2.24, 2.45) is 0 Å². The second kappa shape index (κ2) is 11.8. The molecule has 0 amide bonds. The Morgan fingerprint density at radius 1 is 1.12 bits per heavy atom. The van der Waals surface area contributed by atoms with Crippen molar-refractivity contribution in [2.75, 3.05) is 31.7 Å². The normalized spacial score (nSPS) is 13.0. The van der Waals surface area contributed by atoms with Crippen LogP contribution in [0.3, 0.4) is 0 Å². The summed E-state index contributed by atoms with van der Waals surface area (Å²) in [5.74, 6) is -0.866. The minimum atomic E-state index is -4.86. The third kappa shape index (κ3) is 8.10. The number of nitrogens with zero attached hydrogens (tertiary/aromatic N) is 1. The number of halogens is 3. The van der Waals surface area contributed by atoms with E-state index in [4.69, 9.17) is 4.74 Å². The maximum Gasteiger partial charge on any atom is 0.573 e. The molecule has 0 bridgehead atoms. The predicted molar refractivity (Wildman–Crippen MR) is 120 cm³/mol. The van der Waals surface area contributed by atoms with Crippen LogP contribution < -0.4 is 14.6 Å². The molecule has 2 aromatic rings. The van der Waals surface area contributed by atoms with Crippen molar-refractivity contribution < 1.29 is 41.0 Å². The first kappa shape index (κ1) is 27.8. The summed E-state index contributed by atoms with van der Waals surface area (Å²) >= 11 is 0. The molecule has 2 rings (SSSR count). The van der Waals surface area contributed by atoms with Crippen LogP contribution in [-0.2, 0) is 25.7 Å². The van der Waals surface area contributed by atoms with Gasteiger partial charge in [0.1, 0.15) is 30.1 Å². The lowest BCUT2D eigenvalue weighted by Gasteiger charge is -2.21. The van der Waals surface area contributed by atoms with E-state index in [9.17, 15) is 31.5 Å². The predicted octanol–water partition coefficient (Wildman–Crippen LogP) is 2.73. The summed E-state index contributed by atoms with van der Waals surface area (Å²) in [4.78, 5) is 11.4. The molecule has 0 aliphatic heterocycles. The summed E-state index contributed by atoms with van der Waals surface area (Å²) < 4.78 is 73.5. The molecule has 0 spiro atoms. The Morgan fingerprint density at radius 2 is 1.76 bits per heavy atom. The molecule has 0 aliphatic rings. The average molecular weight is 522 g/mol. The lowest BCUT2D eigenvalue weighted by Crippen LogP contribution is -2.35. The molecule has 0 aliphatic carbocycles. The highest BCUT2D eigenvalue weighted by atomic mass is 32.2. The highest BCUT2D eigenvalue weighted by Crippen LogP contribution is 2.26. The first-order valence-corrected chi connectivity index (χ1v) is 13.5. The van der Waals surface area contributed by atoms with E-state index in [0.29, 0.717) is 17.9 Å². The highest BCUT2D eigenvalue weighted by Gasteiger charge is 2.32. The number of carboxylic acid groups (broad SMARTS) is 1. The van der Waals surface area contributed by atoms with E-state index < -0.39 is 34.7 Å². The topological polar surface area (TPSA) is 96.0 Å². The molecule has 1 atom stereocenters. The molecule has 188 valence electrons. The summed E-state index contributed by atoms with van der Waals surface area (Å²) in [6.45, 7) is 3.55. The van der Waals surface area contributed by atoms with Crippen LogP contribution in [0.25, 0.3) is 0 Å². The largest absolute Gasteiger partial charge is 0.573 e. The summed E-state index contributed by atoms with van der Waals surface area (Å²) in [5.41, 5.74) is 0.748.